The molecule has 1 heterocycles. The molecule has 1 atom stereocenters. The van der Waals surface area contributed by atoms with Crippen LogP contribution < -0.4 is 19.7 Å². The van der Waals surface area contributed by atoms with E-state index in [9.17, 15) is 27.6 Å². The SMILES string of the molecule is COc1ccccc1Oc1ccc(N2C[C@H](C(=O)OCC(=O)Nc3ccccc3C(F)(F)F)CC2=O)cc1. The van der Waals surface area contributed by atoms with E-state index in [2.05, 4.69) is 5.32 Å². The number of nitrogens with one attached hydrogen (secondary N) is 1. The van der Waals surface area contributed by atoms with Gasteiger partial charge in [0.2, 0.25) is 5.91 Å². The smallest absolute Gasteiger partial charge is 0.418 e. The van der Waals surface area contributed by atoms with E-state index in [-0.39, 0.29) is 18.9 Å². The maximum Gasteiger partial charge on any atom is 0.418 e. The van der Waals surface area contributed by atoms with Crippen LogP contribution in [0.15, 0.2) is 72.8 Å². The average molecular weight is 528 g/mol. The number of amides is 2. The molecule has 11 heteroatoms. The summed E-state index contributed by atoms with van der Waals surface area (Å²) < 4.78 is 55.4. The minimum atomic E-state index is -4.66. The Morgan fingerprint density at radius 3 is 2.32 bits per heavy atom. The maximum absolute atomic E-state index is 13.1. The molecule has 0 unspecified atom stereocenters. The molecule has 38 heavy (non-hydrogen) atoms. The van der Waals surface area contributed by atoms with Gasteiger partial charge in [-0.2, -0.15) is 13.2 Å². The van der Waals surface area contributed by atoms with Gasteiger partial charge in [-0.15, -0.1) is 0 Å². The molecule has 0 spiro atoms. The molecule has 0 aliphatic carbocycles. The van der Waals surface area contributed by atoms with Crippen molar-refractivity contribution in [2.45, 2.75) is 12.6 Å². The molecule has 4 rings (SSSR count). The number of hydrogen-bond acceptors (Lipinski definition) is 6. The first-order chi connectivity index (χ1) is 18.2. The number of benzene rings is 3. The molecule has 1 aliphatic heterocycles. The highest BCUT2D eigenvalue weighted by molar-refractivity contribution is 6.00. The minimum Gasteiger partial charge on any atom is -0.493 e. The van der Waals surface area contributed by atoms with Gasteiger partial charge in [-0.3, -0.25) is 14.4 Å². The Morgan fingerprint density at radius 1 is 0.974 bits per heavy atom. The van der Waals surface area contributed by atoms with Gasteiger partial charge in [0, 0.05) is 18.7 Å². The van der Waals surface area contributed by atoms with Crippen molar-refractivity contribution in [3.63, 3.8) is 0 Å². The standard InChI is InChI=1S/C27H23F3N2O6/c1-36-22-8-4-5-9-23(22)38-19-12-10-18(11-13-19)32-15-17(14-25(32)34)26(35)37-16-24(33)31-21-7-3-2-6-20(21)27(28,29)30/h2-13,17H,14-16H2,1H3,(H,31,33)/t17-/m1/s1. The van der Waals surface area contributed by atoms with Gasteiger partial charge < -0.3 is 24.4 Å². The largest absolute Gasteiger partial charge is 0.493 e. The zero-order chi connectivity index (χ0) is 27.3. The number of esters is 1. The second-order valence-electron chi connectivity index (χ2n) is 8.35. The number of anilines is 2. The van der Waals surface area contributed by atoms with Gasteiger partial charge in [0.05, 0.1) is 24.3 Å². The van der Waals surface area contributed by atoms with Gasteiger partial charge in [-0.05, 0) is 48.5 Å². The molecule has 1 saturated heterocycles. The number of carbonyl (C=O) groups excluding carboxylic acids is 3. The topological polar surface area (TPSA) is 94.2 Å². The van der Waals surface area contributed by atoms with Gasteiger partial charge in [0.1, 0.15) is 5.75 Å². The van der Waals surface area contributed by atoms with E-state index >= 15 is 0 Å². The number of methoxy groups -OCH3 is 1. The van der Waals surface area contributed by atoms with Crippen LogP contribution in [0.25, 0.3) is 0 Å². The summed E-state index contributed by atoms with van der Waals surface area (Å²) in [4.78, 5) is 38.5. The minimum absolute atomic E-state index is 0.0307. The number of nitrogens with zero attached hydrogens (tertiary/aromatic N) is 1. The second-order valence-corrected chi connectivity index (χ2v) is 8.35. The van der Waals surface area contributed by atoms with Crippen LogP contribution in [0, 0.1) is 5.92 Å². The predicted molar refractivity (Wildman–Crippen MR) is 131 cm³/mol. The lowest BCUT2D eigenvalue weighted by atomic mass is 10.1. The maximum atomic E-state index is 13.1. The molecule has 2 amide bonds. The molecular formula is C27H23F3N2O6. The Morgan fingerprint density at radius 2 is 1.63 bits per heavy atom. The summed E-state index contributed by atoms with van der Waals surface area (Å²) in [7, 11) is 1.53. The number of para-hydroxylation sites is 3. The second kappa shape index (κ2) is 11.2. The third-order valence-corrected chi connectivity index (χ3v) is 5.76. The van der Waals surface area contributed by atoms with Crippen LogP contribution in [0.5, 0.6) is 17.2 Å². The van der Waals surface area contributed by atoms with E-state index in [4.69, 9.17) is 14.2 Å². The number of alkyl halides is 3. The molecule has 1 aliphatic rings. The van der Waals surface area contributed by atoms with E-state index in [0.717, 1.165) is 12.1 Å². The number of carbonyl (C=O) groups is 3. The lowest BCUT2D eigenvalue weighted by Gasteiger charge is -2.17. The van der Waals surface area contributed by atoms with E-state index in [1.165, 1.54) is 24.1 Å². The first-order valence-corrected chi connectivity index (χ1v) is 11.5. The van der Waals surface area contributed by atoms with Gasteiger partial charge >= 0.3 is 12.1 Å². The van der Waals surface area contributed by atoms with Gasteiger partial charge in [0.15, 0.2) is 18.1 Å². The van der Waals surface area contributed by atoms with Gasteiger partial charge in [-0.1, -0.05) is 24.3 Å². The predicted octanol–water partition coefficient (Wildman–Crippen LogP) is 5.04. The Labute approximate surface area is 215 Å². The molecular weight excluding hydrogens is 505 g/mol. The van der Waals surface area contributed by atoms with Crippen molar-refractivity contribution in [2.24, 2.45) is 5.92 Å². The lowest BCUT2D eigenvalue weighted by Crippen LogP contribution is -2.28. The fourth-order valence-electron chi connectivity index (χ4n) is 3.92. The molecule has 0 aromatic heterocycles. The fraction of sp³-hybridized carbons (Fsp3) is 0.222. The highest BCUT2D eigenvalue weighted by Crippen LogP contribution is 2.35. The third-order valence-electron chi connectivity index (χ3n) is 5.76. The van der Waals surface area contributed by atoms with E-state index in [1.807, 2.05) is 6.07 Å². The van der Waals surface area contributed by atoms with Gasteiger partial charge in [0.25, 0.3) is 5.91 Å². The Balaban J connectivity index is 1.32. The molecule has 198 valence electrons. The summed E-state index contributed by atoms with van der Waals surface area (Å²) in [6, 6.07) is 18.3. The zero-order valence-electron chi connectivity index (χ0n) is 20.2. The highest BCUT2D eigenvalue weighted by atomic mass is 19.4. The Hall–Kier alpha value is -4.54. The molecule has 1 N–H and O–H groups in total. The Bertz CT molecular complexity index is 1330. The van der Waals surface area contributed by atoms with Crippen molar-refractivity contribution in [3.05, 3.63) is 78.4 Å². The van der Waals surface area contributed by atoms with Crippen LogP contribution in [0.4, 0.5) is 24.5 Å². The Kier molecular flexibility index (Phi) is 7.85. The first kappa shape index (κ1) is 26.5. The number of halogens is 3. The van der Waals surface area contributed by atoms with Gasteiger partial charge in [-0.25, -0.2) is 0 Å². The summed E-state index contributed by atoms with van der Waals surface area (Å²) in [5.74, 6) is -1.27. The number of ether oxygens (including phenoxy) is 3. The van der Waals surface area contributed by atoms with E-state index in [1.54, 1.807) is 42.5 Å². The fourth-order valence-corrected chi connectivity index (χ4v) is 3.92. The van der Waals surface area contributed by atoms with Crippen molar-refractivity contribution in [1.82, 2.24) is 0 Å². The van der Waals surface area contributed by atoms with E-state index < -0.39 is 41.8 Å². The zero-order valence-corrected chi connectivity index (χ0v) is 20.2. The molecule has 3 aromatic rings. The van der Waals surface area contributed by atoms with Crippen LogP contribution in [0.1, 0.15) is 12.0 Å². The van der Waals surface area contributed by atoms with Crippen LogP contribution in [-0.2, 0) is 25.3 Å². The third kappa shape index (κ3) is 6.23. The summed E-state index contributed by atoms with van der Waals surface area (Å²) in [6.45, 7) is -0.756. The summed E-state index contributed by atoms with van der Waals surface area (Å²) in [5, 5.41) is 2.10. The molecule has 0 bridgehead atoms. The van der Waals surface area contributed by atoms with Crippen LogP contribution >= 0.6 is 0 Å². The van der Waals surface area contributed by atoms with E-state index in [0.29, 0.717) is 22.9 Å². The summed E-state index contributed by atoms with van der Waals surface area (Å²) in [5.41, 5.74) is -0.920. The normalized spacial score (nSPS) is 15.2. The lowest BCUT2D eigenvalue weighted by molar-refractivity contribution is -0.151. The van der Waals surface area contributed by atoms with Crippen molar-refractivity contribution in [3.8, 4) is 17.2 Å². The number of hydrogen-bond donors (Lipinski definition) is 1. The van der Waals surface area contributed by atoms with Crippen molar-refractivity contribution >= 4 is 29.2 Å². The van der Waals surface area contributed by atoms with Crippen LogP contribution in [0.3, 0.4) is 0 Å². The highest BCUT2D eigenvalue weighted by Gasteiger charge is 2.37. The van der Waals surface area contributed by atoms with Crippen molar-refractivity contribution in [2.75, 3.05) is 30.5 Å². The number of rotatable bonds is 8. The van der Waals surface area contributed by atoms with Crippen LogP contribution in [-0.4, -0.2) is 38.0 Å². The summed E-state index contributed by atoms with van der Waals surface area (Å²) in [6.07, 6.45) is -4.79. The van der Waals surface area contributed by atoms with Crippen molar-refractivity contribution in [1.29, 1.82) is 0 Å². The molecule has 0 saturated carbocycles. The molecule has 8 nitrogen and oxygen atoms in total. The molecule has 0 radical (unpaired) electrons. The first-order valence-electron chi connectivity index (χ1n) is 11.5. The molecule has 1 fully saturated rings. The monoisotopic (exact) mass is 528 g/mol. The quantitative estimate of drug-likeness (QED) is 0.412. The summed E-state index contributed by atoms with van der Waals surface area (Å²) >= 11 is 0. The van der Waals surface area contributed by atoms with Crippen molar-refractivity contribution < 1.29 is 41.8 Å². The van der Waals surface area contributed by atoms with Crippen LogP contribution in [0.2, 0.25) is 0 Å². The average Bonchev–Trinajstić information content (AvgIpc) is 3.29. The molecule has 3 aromatic carbocycles.